The van der Waals surface area contributed by atoms with Gasteiger partial charge in [0.05, 0.1) is 6.04 Å². The minimum Gasteiger partial charge on any atom is -0.307 e. The van der Waals surface area contributed by atoms with Crippen LogP contribution in [0.15, 0.2) is 0 Å². The minimum absolute atomic E-state index is 0.193. The van der Waals surface area contributed by atoms with E-state index in [-0.39, 0.29) is 6.04 Å². The number of rotatable bonds is 4. The van der Waals surface area contributed by atoms with E-state index in [0.29, 0.717) is 0 Å². The SMILES string of the molecule is CC1CCC(CNC(C)c2nn[nH]n2)CC1. The monoisotopic (exact) mass is 223 g/mol. The quantitative estimate of drug-likeness (QED) is 0.815. The third-order valence-corrected chi connectivity index (χ3v) is 3.60. The Bertz CT molecular complexity index is 289. The van der Waals surface area contributed by atoms with Crippen LogP contribution in [-0.4, -0.2) is 27.2 Å². The van der Waals surface area contributed by atoms with Crippen molar-refractivity contribution in [1.29, 1.82) is 0 Å². The first-order valence-corrected chi connectivity index (χ1v) is 6.22. The van der Waals surface area contributed by atoms with Gasteiger partial charge in [-0.3, -0.25) is 0 Å². The molecule has 0 aliphatic heterocycles. The van der Waals surface area contributed by atoms with E-state index in [2.05, 4.69) is 39.8 Å². The molecule has 1 heterocycles. The van der Waals surface area contributed by atoms with Crippen LogP contribution in [0.25, 0.3) is 0 Å². The Labute approximate surface area is 96.4 Å². The first-order valence-electron chi connectivity index (χ1n) is 6.22. The minimum atomic E-state index is 0.193. The van der Waals surface area contributed by atoms with Crippen molar-refractivity contribution in [3.8, 4) is 0 Å². The van der Waals surface area contributed by atoms with Gasteiger partial charge < -0.3 is 5.32 Å². The lowest BCUT2D eigenvalue weighted by Gasteiger charge is -2.27. The lowest BCUT2D eigenvalue weighted by Crippen LogP contribution is -2.28. The smallest absolute Gasteiger partial charge is 0.191 e. The van der Waals surface area contributed by atoms with Crippen LogP contribution in [0.5, 0.6) is 0 Å². The van der Waals surface area contributed by atoms with E-state index in [0.717, 1.165) is 24.2 Å². The van der Waals surface area contributed by atoms with Gasteiger partial charge in [-0.1, -0.05) is 25.0 Å². The van der Waals surface area contributed by atoms with E-state index in [9.17, 15) is 0 Å². The molecule has 90 valence electrons. The highest BCUT2D eigenvalue weighted by Gasteiger charge is 2.19. The van der Waals surface area contributed by atoms with Gasteiger partial charge in [0.2, 0.25) is 0 Å². The Hall–Kier alpha value is -0.970. The molecule has 2 N–H and O–H groups in total. The van der Waals surface area contributed by atoms with Crippen molar-refractivity contribution in [3.05, 3.63) is 5.82 Å². The van der Waals surface area contributed by atoms with Crippen LogP contribution >= 0.6 is 0 Å². The number of hydrogen-bond acceptors (Lipinski definition) is 4. The average Bonchev–Trinajstić information content (AvgIpc) is 2.81. The summed E-state index contributed by atoms with van der Waals surface area (Å²) in [6.45, 7) is 5.50. The maximum Gasteiger partial charge on any atom is 0.191 e. The average molecular weight is 223 g/mol. The van der Waals surface area contributed by atoms with Crippen LogP contribution in [0, 0.1) is 11.8 Å². The van der Waals surface area contributed by atoms with E-state index in [1.165, 1.54) is 25.7 Å². The van der Waals surface area contributed by atoms with Gasteiger partial charge in [0.25, 0.3) is 0 Å². The zero-order valence-corrected chi connectivity index (χ0v) is 10.1. The van der Waals surface area contributed by atoms with Crippen molar-refractivity contribution in [3.63, 3.8) is 0 Å². The van der Waals surface area contributed by atoms with Crippen LogP contribution in [0.4, 0.5) is 0 Å². The summed E-state index contributed by atoms with van der Waals surface area (Å²) in [6, 6.07) is 0.193. The molecular weight excluding hydrogens is 202 g/mol. The lowest BCUT2D eigenvalue weighted by atomic mass is 9.83. The highest BCUT2D eigenvalue weighted by Crippen LogP contribution is 2.27. The van der Waals surface area contributed by atoms with Crippen molar-refractivity contribution in [1.82, 2.24) is 25.9 Å². The summed E-state index contributed by atoms with van der Waals surface area (Å²) in [5.41, 5.74) is 0. The highest BCUT2D eigenvalue weighted by molar-refractivity contribution is 4.86. The Kier molecular flexibility index (Phi) is 3.88. The maximum atomic E-state index is 3.98. The normalized spacial score (nSPS) is 27.9. The number of aromatic amines is 1. The van der Waals surface area contributed by atoms with Gasteiger partial charge in [0.15, 0.2) is 5.82 Å². The molecule has 16 heavy (non-hydrogen) atoms. The topological polar surface area (TPSA) is 66.5 Å². The second-order valence-corrected chi connectivity index (χ2v) is 5.03. The molecule has 1 atom stereocenters. The van der Waals surface area contributed by atoms with Crippen molar-refractivity contribution < 1.29 is 0 Å². The Morgan fingerprint density at radius 2 is 2.12 bits per heavy atom. The summed E-state index contributed by atoms with van der Waals surface area (Å²) in [5.74, 6) is 2.50. The van der Waals surface area contributed by atoms with Crippen LogP contribution in [0.3, 0.4) is 0 Å². The van der Waals surface area contributed by atoms with E-state index < -0.39 is 0 Å². The molecule has 1 fully saturated rings. The first-order chi connectivity index (χ1) is 7.75. The molecule has 0 radical (unpaired) electrons. The number of H-pyrrole nitrogens is 1. The summed E-state index contributed by atoms with van der Waals surface area (Å²) in [7, 11) is 0. The molecule has 1 unspecified atom stereocenters. The van der Waals surface area contributed by atoms with Crippen LogP contribution in [0.1, 0.15) is 51.4 Å². The molecule has 0 aromatic carbocycles. The van der Waals surface area contributed by atoms with Gasteiger partial charge in [0.1, 0.15) is 0 Å². The second kappa shape index (κ2) is 5.39. The molecule has 1 aromatic heterocycles. The third kappa shape index (κ3) is 3.01. The summed E-state index contributed by atoms with van der Waals surface area (Å²) >= 11 is 0. The number of nitrogens with one attached hydrogen (secondary N) is 2. The number of nitrogens with zero attached hydrogens (tertiary/aromatic N) is 3. The van der Waals surface area contributed by atoms with Crippen LogP contribution < -0.4 is 5.32 Å². The molecule has 0 saturated heterocycles. The van der Waals surface area contributed by atoms with E-state index >= 15 is 0 Å². The van der Waals surface area contributed by atoms with E-state index in [1.807, 2.05) is 0 Å². The zero-order chi connectivity index (χ0) is 11.4. The van der Waals surface area contributed by atoms with Crippen LogP contribution in [-0.2, 0) is 0 Å². The Morgan fingerprint density at radius 1 is 1.38 bits per heavy atom. The second-order valence-electron chi connectivity index (χ2n) is 5.03. The van der Waals surface area contributed by atoms with Gasteiger partial charge in [0, 0.05) is 0 Å². The standard InChI is InChI=1S/C11H21N5/c1-8-3-5-10(6-4-8)7-12-9(2)11-13-15-16-14-11/h8-10,12H,3-7H2,1-2H3,(H,13,14,15,16). The predicted octanol–water partition coefficient (Wildman–Crippen LogP) is 1.68. The van der Waals surface area contributed by atoms with E-state index in [4.69, 9.17) is 0 Å². The zero-order valence-electron chi connectivity index (χ0n) is 10.1. The molecular formula is C11H21N5. The fourth-order valence-electron chi connectivity index (χ4n) is 2.32. The fraction of sp³-hybridized carbons (Fsp3) is 0.909. The lowest BCUT2D eigenvalue weighted by molar-refractivity contribution is 0.275. The molecule has 2 rings (SSSR count). The first kappa shape index (κ1) is 11.5. The molecule has 5 nitrogen and oxygen atoms in total. The van der Waals surface area contributed by atoms with Crippen molar-refractivity contribution in [2.24, 2.45) is 11.8 Å². The van der Waals surface area contributed by atoms with Gasteiger partial charge in [-0.05, 0) is 38.1 Å². The largest absolute Gasteiger partial charge is 0.307 e. The highest BCUT2D eigenvalue weighted by atomic mass is 15.5. The van der Waals surface area contributed by atoms with Gasteiger partial charge >= 0.3 is 0 Å². The van der Waals surface area contributed by atoms with Gasteiger partial charge in [-0.25, -0.2) is 0 Å². The Balaban J connectivity index is 1.71. The van der Waals surface area contributed by atoms with Gasteiger partial charge in [-0.2, -0.15) is 5.21 Å². The summed E-state index contributed by atoms with van der Waals surface area (Å²) in [6.07, 6.45) is 5.46. The Morgan fingerprint density at radius 3 is 2.75 bits per heavy atom. The molecule has 0 spiro atoms. The predicted molar refractivity (Wildman–Crippen MR) is 61.7 cm³/mol. The molecule has 0 bridgehead atoms. The van der Waals surface area contributed by atoms with E-state index in [1.54, 1.807) is 0 Å². The molecule has 5 heteroatoms. The van der Waals surface area contributed by atoms with Gasteiger partial charge in [-0.15, -0.1) is 10.2 Å². The molecule has 0 amide bonds. The van der Waals surface area contributed by atoms with Crippen LogP contribution in [0.2, 0.25) is 0 Å². The van der Waals surface area contributed by atoms with Crippen molar-refractivity contribution in [2.75, 3.05) is 6.54 Å². The third-order valence-electron chi connectivity index (χ3n) is 3.60. The number of hydrogen-bond donors (Lipinski definition) is 2. The summed E-state index contributed by atoms with van der Waals surface area (Å²) < 4.78 is 0. The fourth-order valence-corrected chi connectivity index (χ4v) is 2.32. The molecule has 1 aliphatic rings. The van der Waals surface area contributed by atoms with Crippen molar-refractivity contribution >= 4 is 0 Å². The maximum absolute atomic E-state index is 3.98. The van der Waals surface area contributed by atoms with Crippen molar-refractivity contribution in [2.45, 2.75) is 45.6 Å². The molecule has 1 aromatic rings. The number of tetrazole rings is 1. The summed E-state index contributed by atoms with van der Waals surface area (Å²) in [5, 5.41) is 17.5. The number of aromatic nitrogens is 4. The summed E-state index contributed by atoms with van der Waals surface area (Å²) in [4.78, 5) is 0. The molecule has 1 aliphatic carbocycles. The molecule has 1 saturated carbocycles.